The topological polar surface area (TPSA) is 101 Å². The van der Waals surface area contributed by atoms with Gasteiger partial charge >= 0.3 is 0 Å². The third-order valence-corrected chi connectivity index (χ3v) is 1.48. The lowest BCUT2D eigenvalue weighted by Crippen LogP contribution is -2.05. The number of anilines is 1. The van der Waals surface area contributed by atoms with E-state index in [9.17, 15) is 0 Å². The maximum atomic E-state index is 8.36. The normalized spacial score (nSPS) is 8.15. The standard InChI is InChI=1S/C6H7BrN2.HNO3/c7-5-2-1-3-6(4-5)9-8;2-1(3)4/h1-4,9H,8H2;(H,2,3,4). The molecule has 13 heavy (non-hydrogen) atoms. The first kappa shape index (κ1) is 11.7. The van der Waals surface area contributed by atoms with Crippen molar-refractivity contribution in [2.24, 2.45) is 5.84 Å². The van der Waals surface area contributed by atoms with Gasteiger partial charge in [0.15, 0.2) is 0 Å². The molecule has 1 aromatic rings. The summed E-state index contributed by atoms with van der Waals surface area (Å²) in [5.41, 5.74) is 3.44. The van der Waals surface area contributed by atoms with Crippen LogP contribution < -0.4 is 11.3 Å². The summed E-state index contributed by atoms with van der Waals surface area (Å²) in [6.45, 7) is 0. The molecule has 0 atom stereocenters. The molecule has 0 heterocycles. The van der Waals surface area contributed by atoms with Crippen LogP contribution in [0.5, 0.6) is 0 Å². The second-order valence-corrected chi connectivity index (χ2v) is 2.81. The highest BCUT2D eigenvalue weighted by Gasteiger charge is 1.86. The SMILES string of the molecule is NNc1cccc(Br)c1.O=[N+]([O-])O. The van der Waals surface area contributed by atoms with Gasteiger partial charge in [-0.3, -0.25) is 5.84 Å². The summed E-state index contributed by atoms with van der Waals surface area (Å²) in [5.74, 6) is 5.15. The van der Waals surface area contributed by atoms with Crippen LogP contribution in [0.4, 0.5) is 5.69 Å². The predicted molar refractivity (Wildman–Crippen MR) is 50.7 cm³/mol. The molecule has 0 amide bonds. The monoisotopic (exact) mass is 249 g/mol. The van der Waals surface area contributed by atoms with Gasteiger partial charge < -0.3 is 10.6 Å². The lowest BCUT2D eigenvalue weighted by Gasteiger charge is -1.97. The number of nitrogens with two attached hydrogens (primary N) is 1. The molecule has 0 saturated carbocycles. The van der Waals surface area contributed by atoms with Crippen molar-refractivity contribution in [2.75, 3.05) is 5.43 Å². The summed E-state index contributed by atoms with van der Waals surface area (Å²) in [5, 5.41) is 13.6. The van der Waals surface area contributed by atoms with Crippen molar-refractivity contribution in [3.8, 4) is 0 Å². The summed E-state index contributed by atoms with van der Waals surface area (Å²) >= 11 is 3.31. The average Bonchev–Trinajstić information content (AvgIpc) is 2.03. The Morgan fingerprint density at radius 1 is 1.62 bits per heavy atom. The van der Waals surface area contributed by atoms with Gasteiger partial charge in [0.1, 0.15) is 0 Å². The minimum Gasteiger partial charge on any atom is -0.328 e. The number of nitrogen functional groups attached to an aromatic ring is 1. The zero-order chi connectivity index (χ0) is 10.3. The number of benzene rings is 1. The summed E-state index contributed by atoms with van der Waals surface area (Å²) in [4.78, 5) is 8.36. The molecule has 1 aromatic carbocycles. The van der Waals surface area contributed by atoms with Gasteiger partial charge in [-0.15, -0.1) is 10.1 Å². The molecule has 4 N–H and O–H groups in total. The molecular formula is C6H8BrN3O3. The fourth-order valence-corrected chi connectivity index (χ4v) is 0.978. The Kier molecular flexibility index (Phi) is 5.57. The Morgan fingerprint density at radius 2 is 2.15 bits per heavy atom. The molecular weight excluding hydrogens is 242 g/mol. The Morgan fingerprint density at radius 3 is 2.46 bits per heavy atom. The Bertz CT molecular complexity index is 278. The van der Waals surface area contributed by atoms with Gasteiger partial charge in [0.25, 0.3) is 5.09 Å². The second-order valence-electron chi connectivity index (χ2n) is 1.89. The fourth-order valence-electron chi connectivity index (χ4n) is 0.578. The van der Waals surface area contributed by atoms with Gasteiger partial charge in [-0.2, -0.15) is 0 Å². The van der Waals surface area contributed by atoms with Crippen LogP contribution in [0.15, 0.2) is 28.7 Å². The van der Waals surface area contributed by atoms with Gasteiger partial charge in [0, 0.05) is 10.2 Å². The predicted octanol–water partition coefficient (Wildman–Crippen LogP) is 1.39. The highest BCUT2D eigenvalue weighted by molar-refractivity contribution is 9.10. The van der Waals surface area contributed by atoms with Crippen molar-refractivity contribution in [3.63, 3.8) is 0 Å². The van der Waals surface area contributed by atoms with Crippen LogP contribution in [0.3, 0.4) is 0 Å². The second kappa shape index (κ2) is 6.21. The van der Waals surface area contributed by atoms with Crippen LogP contribution in [-0.2, 0) is 0 Å². The van der Waals surface area contributed by atoms with Crippen LogP contribution >= 0.6 is 15.9 Å². The molecule has 0 aliphatic rings. The Hall–Kier alpha value is -1.34. The number of nitrogens with zero attached hydrogens (tertiary/aromatic N) is 1. The first-order chi connectivity index (χ1) is 6.06. The van der Waals surface area contributed by atoms with E-state index in [0.717, 1.165) is 10.2 Å². The summed E-state index contributed by atoms with van der Waals surface area (Å²) in [6.07, 6.45) is 0. The number of hydrazine groups is 1. The van der Waals surface area contributed by atoms with Gasteiger partial charge in [-0.25, -0.2) is 0 Å². The number of rotatable bonds is 1. The van der Waals surface area contributed by atoms with Crippen molar-refractivity contribution in [2.45, 2.75) is 0 Å². The van der Waals surface area contributed by atoms with Gasteiger partial charge in [0.2, 0.25) is 0 Å². The van der Waals surface area contributed by atoms with E-state index >= 15 is 0 Å². The molecule has 0 saturated heterocycles. The smallest absolute Gasteiger partial charge is 0.291 e. The van der Waals surface area contributed by atoms with E-state index in [1.54, 1.807) is 0 Å². The lowest BCUT2D eigenvalue weighted by atomic mass is 10.3. The van der Waals surface area contributed by atoms with E-state index in [1.807, 2.05) is 24.3 Å². The molecule has 0 bridgehead atoms. The number of hydrogen-bond acceptors (Lipinski definition) is 4. The number of nitrogens with one attached hydrogen (secondary N) is 1. The molecule has 7 heteroatoms. The zero-order valence-electron chi connectivity index (χ0n) is 6.48. The van der Waals surface area contributed by atoms with E-state index in [4.69, 9.17) is 21.2 Å². The highest BCUT2D eigenvalue weighted by Crippen LogP contribution is 2.13. The van der Waals surface area contributed by atoms with Gasteiger partial charge in [0.05, 0.1) is 0 Å². The summed E-state index contributed by atoms with van der Waals surface area (Å²) in [7, 11) is 0. The van der Waals surface area contributed by atoms with Crippen molar-refractivity contribution in [1.82, 2.24) is 0 Å². The Balaban J connectivity index is 0.000000310. The van der Waals surface area contributed by atoms with Gasteiger partial charge in [-0.05, 0) is 18.2 Å². The minimum atomic E-state index is -1.50. The fraction of sp³-hybridized carbons (Fsp3) is 0. The van der Waals surface area contributed by atoms with Gasteiger partial charge in [-0.1, -0.05) is 22.0 Å². The quantitative estimate of drug-likeness (QED) is 0.397. The minimum absolute atomic E-state index is 0.907. The van der Waals surface area contributed by atoms with Crippen molar-refractivity contribution in [1.29, 1.82) is 0 Å². The maximum absolute atomic E-state index is 8.36. The van der Waals surface area contributed by atoms with Crippen LogP contribution in [0.2, 0.25) is 0 Å². The molecule has 6 nitrogen and oxygen atoms in total. The molecule has 0 unspecified atom stereocenters. The maximum Gasteiger partial charge on any atom is 0.291 e. The first-order valence-corrected chi connectivity index (χ1v) is 3.91. The van der Waals surface area contributed by atoms with Crippen LogP contribution in [0.1, 0.15) is 0 Å². The number of hydrogen-bond donors (Lipinski definition) is 3. The van der Waals surface area contributed by atoms with E-state index in [2.05, 4.69) is 21.4 Å². The number of halogens is 1. The molecule has 1 rings (SSSR count). The molecule has 0 radical (unpaired) electrons. The molecule has 72 valence electrons. The Labute approximate surface area is 82.6 Å². The highest BCUT2D eigenvalue weighted by atomic mass is 79.9. The van der Waals surface area contributed by atoms with Crippen LogP contribution in [-0.4, -0.2) is 10.3 Å². The molecule has 0 fully saturated rings. The lowest BCUT2D eigenvalue weighted by molar-refractivity contribution is -0.742. The molecule has 0 aliphatic carbocycles. The zero-order valence-corrected chi connectivity index (χ0v) is 8.06. The molecule has 0 spiro atoms. The van der Waals surface area contributed by atoms with E-state index in [-0.39, 0.29) is 0 Å². The van der Waals surface area contributed by atoms with Crippen molar-refractivity contribution >= 4 is 21.6 Å². The first-order valence-electron chi connectivity index (χ1n) is 3.11. The van der Waals surface area contributed by atoms with Crippen LogP contribution in [0, 0.1) is 10.1 Å². The molecule has 0 aliphatic heterocycles. The van der Waals surface area contributed by atoms with E-state index in [1.165, 1.54) is 0 Å². The van der Waals surface area contributed by atoms with Crippen molar-refractivity contribution < 1.29 is 10.3 Å². The van der Waals surface area contributed by atoms with Crippen molar-refractivity contribution in [3.05, 3.63) is 38.9 Å². The largest absolute Gasteiger partial charge is 0.328 e. The third-order valence-electron chi connectivity index (χ3n) is 0.991. The average molecular weight is 250 g/mol. The van der Waals surface area contributed by atoms with E-state index in [0.29, 0.717) is 0 Å². The third kappa shape index (κ3) is 7.04. The van der Waals surface area contributed by atoms with E-state index < -0.39 is 5.09 Å². The molecule has 0 aromatic heterocycles. The summed E-state index contributed by atoms with van der Waals surface area (Å²) in [6, 6.07) is 7.66. The van der Waals surface area contributed by atoms with Crippen LogP contribution in [0.25, 0.3) is 0 Å². The summed E-state index contributed by atoms with van der Waals surface area (Å²) < 4.78 is 1.03.